The molecule has 1 amide bonds. The molecule has 0 aromatic heterocycles. The Morgan fingerprint density at radius 1 is 1.32 bits per heavy atom. The molecule has 1 aliphatic rings. The van der Waals surface area contributed by atoms with E-state index >= 15 is 0 Å². The maximum absolute atomic E-state index is 12.5. The number of hydrogen-bond donors (Lipinski definition) is 1. The van der Waals surface area contributed by atoms with Crippen LogP contribution in [0.4, 0.5) is 5.69 Å². The van der Waals surface area contributed by atoms with Crippen LogP contribution < -0.4 is 14.8 Å². The van der Waals surface area contributed by atoms with Crippen LogP contribution in [-0.2, 0) is 4.79 Å². The van der Waals surface area contributed by atoms with Crippen molar-refractivity contribution in [3.05, 3.63) is 57.1 Å². The minimum absolute atomic E-state index is 0.00618. The average molecular weight is 399 g/mol. The van der Waals surface area contributed by atoms with Crippen molar-refractivity contribution < 1.29 is 14.3 Å². The van der Waals surface area contributed by atoms with Crippen LogP contribution in [0, 0.1) is 25.2 Å². The number of carbonyl (C=O) groups is 1. The van der Waals surface area contributed by atoms with Crippen molar-refractivity contribution in [3.8, 4) is 17.6 Å². The van der Waals surface area contributed by atoms with Crippen molar-refractivity contribution in [2.75, 3.05) is 12.1 Å². The number of benzene rings is 2. The van der Waals surface area contributed by atoms with Gasteiger partial charge >= 0.3 is 0 Å². The fourth-order valence-electron chi connectivity index (χ4n) is 2.46. The van der Waals surface area contributed by atoms with Crippen molar-refractivity contribution in [3.63, 3.8) is 0 Å². The molecule has 2 aromatic rings. The quantitative estimate of drug-likeness (QED) is 0.616. The molecule has 2 aromatic carbocycles. The van der Waals surface area contributed by atoms with Crippen molar-refractivity contribution in [1.29, 1.82) is 5.26 Å². The highest BCUT2D eigenvalue weighted by atomic mass is 79.9. The van der Waals surface area contributed by atoms with Gasteiger partial charge in [-0.05, 0) is 70.7 Å². The van der Waals surface area contributed by atoms with Crippen molar-refractivity contribution >= 4 is 33.6 Å². The van der Waals surface area contributed by atoms with E-state index in [9.17, 15) is 10.1 Å². The Bertz CT molecular complexity index is 929. The molecule has 0 radical (unpaired) electrons. The highest BCUT2D eigenvalue weighted by molar-refractivity contribution is 9.10. The maximum Gasteiger partial charge on any atom is 0.266 e. The van der Waals surface area contributed by atoms with Crippen molar-refractivity contribution in [2.24, 2.45) is 0 Å². The number of halogens is 1. The molecule has 0 atom stereocenters. The molecule has 0 bridgehead atoms. The number of fused-ring (bicyclic) bond motifs is 1. The lowest BCUT2D eigenvalue weighted by molar-refractivity contribution is -0.112. The van der Waals surface area contributed by atoms with E-state index in [1.807, 2.05) is 38.1 Å². The standard InChI is InChI=1S/C19H15BrN2O3/c1-11-4-3-5-16(12(11)2)22-19(23)14(9-21)6-13-7-15(20)18-17(8-13)24-10-25-18/h3-8H,10H2,1-2H3,(H,22,23)/b14-6+. The van der Waals surface area contributed by atoms with Crippen LogP contribution in [0.3, 0.4) is 0 Å². The summed E-state index contributed by atoms with van der Waals surface area (Å²) in [6, 6.07) is 11.1. The number of nitrogens with zero attached hydrogens (tertiary/aromatic N) is 1. The number of amides is 1. The molecule has 0 saturated carbocycles. The normalized spacial score (nSPS) is 12.6. The third-order valence-electron chi connectivity index (χ3n) is 3.98. The van der Waals surface area contributed by atoms with E-state index < -0.39 is 5.91 Å². The molecule has 1 aliphatic heterocycles. The molecule has 5 nitrogen and oxygen atoms in total. The zero-order valence-electron chi connectivity index (χ0n) is 13.7. The summed E-state index contributed by atoms with van der Waals surface area (Å²) in [6.07, 6.45) is 1.52. The van der Waals surface area contributed by atoms with E-state index in [-0.39, 0.29) is 12.4 Å². The zero-order valence-corrected chi connectivity index (χ0v) is 15.3. The molecule has 0 spiro atoms. The Balaban J connectivity index is 1.88. The number of hydrogen-bond acceptors (Lipinski definition) is 4. The molecular weight excluding hydrogens is 384 g/mol. The minimum atomic E-state index is -0.454. The van der Waals surface area contributed by atoms with E-state index in [0.717, 1.165) is 11.1 Å². The number of anilines is 1. The molecule has 0 aliphatic carbocycles. The smallest absolute Gasteiger partial charge is 0.266 e. The van der Waals surface area contributed by atoms with Crippen molar-refractivity contribution in [1.82, 2.24) is 0 Å². The highest BCUT2D eigenvalue weighted by Gasteiger charge is 2.18. The Morgan fingerprint density at radius 3 is 2.88 bits per heavy atom. The number of ether oxygens (including phenoxy) is 2. The van der Waals surface area contributed by atoms with Gasteiger partial charge in [-0.1, -0.05) is 12.1 Å². The number of nitrogens with one attached hydrogen (secondary N) is 1. The number of aryl methyl sites for hydroxylation is 1. The minimum Gasteiger partial charge on any atom is -0.454 e. The highest BCUT2D eigenvalue weighted by Crippen LogP contribution is 2.40. The first-order valence-corrected chi connectivity index (χ1v) is 8.37. The summed E-state index contributed by atoms with van der Waals surface area (Å²) < 4.78 is 11.4. The second-order valence-corrected chi connectivity index (χ2v) is 6.46. The molecule has 126 valence electrons. The van der Waals surface area contributed by atoms with Gasteiger partial charge in [0.2, 0.25) is 6.79 Å². The van der Waals surface area contributed by atoms with Crippen LogP contribution >= 0.6 is 15.9 Å². The third kappa shape index (κ3) is 3.52. The topological polar surface area (TPSA) is 71.4 Å². The van der Waals surface area contributed by atoms with Gasteiger partial charge in [-0.25, -0.2) is 0 Å². The van der Waals surface area contributed by atoms with Gasteiger partial charge < -0.3 is 14.8 Å². The second-order valence-electron chi connectivity index (χ2n) is 5.61. The predicted molar refractivity (Wildman–Crippen MR) is 98.4 cm³/mol. The summed E-state index contributed by atoms with van der Waals surface area (Å²) in [5.41, 5.74) is 3.41. The number of nitriles is 1. The first kappa shape index (κ1) is 17.1. The van der Waals surface area contributed by atoms with E-state index in [1.165, 1.54) is 6.08 Å². The average Bonchev–Trinajstić information content (AvgIpc) is 3.06. The molecule has 0 fully saturated rings. The molecular formula is C19H15BrN2O3. The summed E-state index contributed by atoms with van der Waals surface area (Å²) in [7, 11) is 0. The first-order valence-electron chi connectivity index (χ1n) is 7.58. The van der Waals surface area contributed by atoms with Gasteiger partial charge in [0.25, 0.3) is 5.91 Å². The van der Waals surface area contributed by atoms with Gasteiger partial charge in [0, 0.05) is 5.69 Å². The van der Waals surface area contributed by atoms with E-state index in [2.05, 4.69) is 21.2 Å². The summed E-state index contributed by atoms with van der Waals surface area (Å²) in [6.45, 7) is 4.05. The van der Waals surface area contributed by atoms with Gasteiger partial charge in [-0.15, -0.1) is 0 Å². The third-order valence-corrected chi connectivity index (χ3v) is 4.57. The van der Waals surface area contributed by atoms with E-state index in [4.69, 9.17) is 9.47 Å². The second kappa shape index (κ2) is 6.99. The SMILES string of the molecule is Cc1cccc(NC(=O)/C(C#N)=C/c2cc(Br)c3c(c2)OCO3)c1C. The monoisotopic (exact) mass is 398 g/mol. The fraction of sp³-hybridized carbons (Fsp3) is 0.158. The van der Waals surface area contributed by atoms with Crippen molar-refractivity contribution in [2.45, 2.75) is 13.8 Å². The first-order chi connectivity index (χ1) is 12.0. The van der Waals surface area contributed by atoms with E-state index in [1.54, 1.807) is 12.1 Å². The number of carbonyl (C=O) groups excluding carboxylic acids is 1. The molecule has 0 unspecified atom stereocenters. The molecule has 6 heteroatoms. The fourth-order valence-corrected chi connectivity index (χ4v) is 3.04. The Kier molecular flexibility index (Phi) is 4.77. The largest absolute Gasteiger partial charge is 0.454 e. The predicted octanol–water partition coefficient (Wildman–Crippen LogP) is 4.34. The van der Waals surface area contributed by atoms with Crippen LogP contribution in [0.2, 0.25) is 0 Å². The lowest BCUT2D eigenvalue weighted by Gasteiger charge is -2.10. The Morgan fingerprint density at radius 2 is 2.12 bits per heavy atom. The summed E-state index contributed by atoms with van der Waals surface area (Å²) in [5, 5.41) is 12.2. The van der Waals surface area contributed by atoms with Crippen LogP contribution in [0.5, 0.6) is 11.5 Å². The molecule has 0 saturated heterocycles. The summed E-state index contributed by atoms with van der Waals surface area (Å²) in [5.74, 6) is 0.744. The molecule has 1 heterocycles. The van der Waals surface area contributed by atoms with Crippen LogP contribution in [0.15, 0.2) is 40.4 Å². The van der Waals surface area contributed by atoms with Gasteiger partial charge in [0.1, 0.15) is 11.6 Å². The lowest BCUT2D eigenvalue weighted by atomic mass is 10.1. The molecule has 3 rings (SSSR count). The maximum atomic E-state index is 12.5. The van der Waals surface area contributed by atoms with Crippen LogP contribution in [0.1, 0.15) is 16.7 Å². The van der Waals surface area contributed by atoms with Gasteiger partial charge in [-0.3, -0.25) is 4.79 Å². The summed E-state index contributed by atoms with van der Waals surface area (Å²) in [4.78, 5) is 12.5. The van der Waals surface area contributed by atoms with E-state index in [0.29, 0.717) is 27.2 Å². The van der Waals surface area contributed by atoms with Gasteiger partial charge in [0.05, 0.1) is 4.47 Å². The molecule has 1 N–H and O–H groups in total. The zero-order chi connectivity index (χ0) is 18.0. The Hall–Kier alpha value is -2.78. The van der Waals surface area contributed by atoms with Gasteiger partial charge in [0.15, 0.2) is 11.5 Å². The molecule has 25 heavy (non-hydrogen) atoms. The van der Waals surface area contributed by atoms with Gasteiger partial charge in [-0.2, -0.15) is 5.26 Å². The van der Waals surface area contributed by atoms with Crippen LogP contribution in [-0.4, -0.2) is 12.7 Å². The lowest BCUT2D eigenvalue weighted by Crippen LogP contribution is -2.14. The van der Waals surface area contributed by atoms with Crippen LogP contribution in [0.25, 0.3) is 6.08 Å². The summed E-state index contributed by atoms with van der Waals surface area (Å²) >= 11 is 3.40. The number of rotatable bonds is 3. The Labute approximate surface area is 154 Å².